The Morgan fingerprint density at radius 1 is 1.14 bits per heavy atom. The lowest BCUT2D eigenvalue weighted by Gasteiger charge is -2.19. The van der Waals surface area contributed by atoms with Gasteiger partial charge in [0.15, 0.2) is 0 Å². The third-order valence-corrected chi connectivity index (χ3v) is 4.13. The highest BCUT2D eigenvalue weighted by molar-refractivity contribution is 6.43. The lowest BCUT2D eigenvalue weighted by Crippen LogP contribution is -2.48. The van der Waals surface area contributed by atoms with Gasteiger partial charge in [0.1, 0.15) is 17.1 Å². The molecule has 2 aromatic carbocycles. The fourth-order valence-electron chi connectivity index (χ4n) is 2.64. The van der Waals surface area contributed by atoms with Gasteiger partial charge in [-0.15, -0.1) is 0 Å². The van der Waals surface area contributed by atoms with Crippen LogP contribution in [0.3, 0.4) is 0 Å². The van der Waals surface area contributed by atoms with Crippen molar-refractivity contribution in [2.75, 3.05) is 0 Å². The Morgan fingerprint density at radius 2 is 1.79 bits per heavy atom. The Hall–Kier alpha value is -3.37. The van der Waals surface area contributed by atoms with E-state index >= 15 is 0 Å². The van der Waals surface area contributed by atoms with Crippen molar-refractivity contribution in [1.82, 2.24) is 5.32 Å². The van der Waals surface area contributed by atoms with E-state index in [9.17, 15) is 24.7 Å². The molecular weight excluding hydrogens is 365 g/mol. The number of nitrogens with two attached hydrogens (primary N) is 1. The number of amides is 1. The van der Waals surface area contributed by atoms with Gasteiger partial charge >= 0.3 is 13.1 Å². The maximum atomic E-state index is 12.2. The smallest absolute Gasteiger partial charge is 0.475 e. The third kappa shape index (κ3) is 5.32. The van der Waals surface area contributed by atoms with Gasteiger partial charge in [-0.3, -0.25) is 10.2 Å². The lowest BCUT2D eigenvalue weighted by molar-refractivity contribution is -0.120. The van der Waals surface area contributed by atoms with Crippen molar-refractivity contribution >= 4 is 24.8 Å². The Labute approximate surface area is 161 Å². The number of nitrogens with one attached hydrogen (secondary N) is 2. The first-order valence-electron chi connectivity index (χ1n) is 8.32. The monoisotopic (exact) mass is 385 g/mol. The second kappa shape index (κ2) is 9.02. The summed E-state index contributed by atoms with van der Waals surface area (Å²) >= 11 is 0. The van der Waals surface area contributed by atoms with E-state index in [1.54, 1.807) is 24.3 Å². The van der Waals surface area contributed by atoms with Crippen LogP contribution in [-0.4, -0.2) is 51.0 Å². The standard InChI is InChI=1S/C18H20BN3O6/c20-17(21)11-6-4-10(5-7-11)8-15(23)22-14(19(27)28)9-12-2-1-3-13(16(12)24)18(25)26/h1-7,14,24,27-28H,8-9H2,(H3,20,21)(H,22,23)(H,25,26). The van der Waals surface area contributed by atoms with Crippen molar-refractivity contribution in [3.05, 3.63) is 64.7 Å². The van der Waals surface area contributed by atoms with E-state index in [0.717, 1.165) is 0 Å². The maximum Gasteiger partial charge on any atom is 0.475 e. The molecule has 28 heavy (non-hydrogen) atoms. The highest BCUT2D eigenvalue weighted by atomic mass is 16.4. The van der Waals surface area contributed by atoms with Crippen LogP contribution in [0.2, 0.25) is 0 Å². The number of carboxylic acid groups (broad SMARTS) is 1. The summed E-state index contributed by atoms with van der Waals surface area (Å²) in [6.07, 6.45) is -0.234. The first-order valence-corrected chi connectivity index (χ1v) is 8.32. The summed E-state index contributed by atoms with van der Waals surface area (Å²) in [7, 11) is -1.92. The van der Waals surface area contributed by atoms with Gasteiger partial charge in [0.05, 0.1) is 12.4 Å². The minimum atomic E-state index is -1.92. The summed E-state index contributed by atoms with van der Waals surface area (Å²) in [6, 6.07) is 10.5. The van der Waals surface area contributed by atoms with Crippen molar-refractivity contribution in [2.24, 2.45) is 5.73 Å². The SMILES string of the molecule is N=C(N)c1ccc(CC(=O)NC(Cc2cccc(C(=O)O)c2O)B(O)O)cc1. The minimum absolute atomic E-state index is 0.0530. The molecule has 1 atom stereocenters. The zero-order valence-corrected chi connectivity index (χ0v) is 14.8. The maximum absolute atomic E-state index is 12.2. The molecule has 1 amide bonds. The number of hydrogen-bond acceptors (Lipinski definition) is 6. The number of nitrogen functional groups attached to an aromatic ring is 1. The number of carbonyl (C=O) groups is 2. The third-order valence-electron chi connectivity index (χ3n) is 4.13. The zero-order valence-electron chi connectivity index (χ0n) is 14.8. The van der Waals surface area contributed by atoms with E-state index < -0.39 is 30.7 Å². The largest absolute Gasteiger partial charge is 0.507 e. The van der Waals surface area contributed by atoms with Gasteiger partial charge in [0, 0.05) is 5.56 Å². The first kappa shape index (κ1) is 20.9. The van der Waals surface area contributed by atoms with Crippen LogP contribution in [0, 0.1) is 5.41 Å². The van der Waals surface area contributed by atoms with Gasteiger partial charge in [-0.1, -0.05) is 36.4 Å². The molecule has 0 aliphatic rings. The molecule has 8 N–H and O–H groups in total. The molecule has 0 saturated heterocycles. The molecule has 0 heterocycles. The van der Waals surface area contributed by atoms with Crippen molar-refractivity contribution in [3.63, 3.8) is 0 Å². The molecule has 10 heteroatoms. The van der Waals surface area contributed by atoms with Gasteiger partial charge in [0.25, 0.3) is 0 Å². The molecule has 9 nitrogen and oxygen atoms in total. The van der Waals surface area contributed by atoms with E-state index in [0.29, 0.717) is 11.1 Å². The van der Waals surface area contributed by atoms with Crippen LogP contribution in [0.1, 0.15) is 27.0 Å². The molecule has 2 rings (SSSR count). The quantitative estimate of drug-likeness (QED) is 0.185. The van der Waals surface area contributed by atoms with Crippen molar-refractivity contribution in [3.8, 4) is 5.75 Å². The number of aromatic hydroxyl groups is 1. The van der Waals surface area contributed by atoms with E-state index in [2.05, 4.69) is 5.32 Å². The number of phenols is 1. The summed E-state index contributed by atoms with van der Waals surface area (Å²) in [4.78, 5) is 23.3. The van der Waals surface area contributed by atoms with E-state index in [1.807, 2.05) is 0 Å². The molecular formula is C18H20BN3O6. The van der Waals surface area contributed by atoms with Crippen molar-refractivity contribution in [2.45, 2.75) is 18.8 Å². The Balaban J connectivity index is 2.08. The fraction of sp³-hybridized carbons (Fsp3) is 0.167. The molecule has 0 aromatic heterocycles. The topological polar surface area (TPSA) is 177 Å². The van der Waals surface area contributed by atoms with Crippen LogP contribution in [0.15, 0.2) is 42.5 Å². The summed E-state index contributed by atoms with van der Waals surface area (Å²) < 4.78 is 0. The van der Waals surface area contributed by atoms with E-state index in [1.165, 1.54) is 18.2 Å². The summed E-state index contributed by atoms with van der Waals surface area (Å²) in [5.74, 6) is -3.56. The summed E-state index contributed by atoms with van der Waals surface area (Å²) in [5.41, 5.74) is 6.35. The minimum Gasteiger partial charge on any atom is -0.507 e. The van der Waals surface area contributed by atoms with Crippen LogP contribution in [0.25, 0.3) is 0 Å². The highest BCUT2D eigenvalue weighted by Gasteiger charge is 2.27. The van der Waals surface area contributed by atoms with E-state index in [4.69, 9.17) is 16.2 Å². The zero-order chi connectivity index (χ0) is 20.8. The Kier molecular flexibility index (Phi) is 6.75. The second-order valence-corrected chi connectivity index (χ2v) is 6.20. The van der Waals surface area contributed by atoms with Gasteiger partial charge in [-0.25, -0.2) is 4.79 Å². The molecule has 0 saturated carbocycles. The first-order chi connectivity index (χ1) is 13.2. The average molecular weight is 385 g/mol. The van der Waals surface area contributed by atoms with Crippen molar-refractivity contribution < 1.29 is 29.9 Å². The van der Waals surface area contributed by atoms with Gasteiger partial charge in [-0.2, -0.15) is 0 Å². The second-order valence-electron chi connectivity index (χ2n) is 6.20. The molecule has 0 radical (unpaired) electrons. The molecule has 2 aromatic rings. The van der Waals surface area contributed by atoms with Gasteiger partial charge in [0.2, 0.25) is 5.91 Å². The molecule has 1 unspecified atom stereocenters. The van der Waals surface area contributed by atoms with Crippen molar-refractivity contribution in [1.29, 1.82) is 5.41 Å². The molecule has 0 spiro atoms. The normalized spacial score (nSPS) is 11.5. The van der Waals surface area contributed by atoms with Crippen LogP contribution in [0.4, 0.5) is 0 Å². The van der Waals surface area contributed by atoms with Crippen LogP contribution >= 0.6 is 0 Å². The Morgan fingerprint density at radius 3 is 2.32 bits per heavy atom. The number of rotatable bonds is 8. The number of carbonyl (C=O) groups excluding carboxylic acids is 1. The predicted molar refractivity (Wildman–Crippen MR) is 102 cm³/mol. The number of carboxylic acids is 1. The number of para-hydroxylation sites is 1. The van der Waals surface area contributed by atoms with Gasteiger partial charge < -0.3 is 31.3 Å². The molecule has 0 aliphatic heterocycles. The molecule has 0 fully saturated rings. The summed E-state index contributed by atoms with van der Waals surface area (Å²) in [5, 5.41) is 48.0. The molecule has 146 valence electrons. The molecule has 0 aliphatic carbocycles. The number of benzene rings is 2. The van der Waals surface area contributed by atoms with Crippen LogP contribution in [0.5, 0.6) is 5.75 Å². The molecule has 0 bridgehead atoms. The van der Waals surface area contributed by atoms with Crippen LogP contribution in [-0.2, 0) is 17.6 Å². The summed E-state index contributed by atoms with van der Waals surface area (Å²) in [6.45, 7) is 0. The Bertz CT molecular complexity index is 885. The van der Waals surface area contributed by atoms with Crippen LogP contribution < -0.4 is 11.1 Å². The number of amidine groups is 1. The average Bonchev–Trinajstić information content (AvgIpc) is 2.62. The predicted octanol–water partition coefficient (Wildman–Crippen LogP) is -0.344. The number of hydrogen-bond donors (Lipinski definition) is 7. The van der Waals surface area contributed by atoms with E-state index in [-0.39, 0.29) is 29.8 Å². The number of aromatic carboxylic acids is 1. The highest BCUT2D eigenvalue weighted by Crippen LogP contribution is 2.24. The fourth-order valence-corrected chi connectivity index (χ4v) is 2.64. The van der Waals surface area contributed by atoms with Gasteiger partial charge in [-0.05, 0) is 23.6 Å². The lowest BCUT2D eigenvalue weighted by atomic mass is 9.75.